The minimum atomic E-state index is -2.01. The maximum atomic E-state index is 13.8. The summed E-state index contributed by atoms with van der Waals surface area (Å²) in [4.78, 5) is 47.8. The standard InChI is InChI=1S/C32H39N5O6Si/c1-5-32(41)22-15-24-27-20(16-37(24)29(38)21(22)17-42-30(32)39)28(44(2,3)4)19-14-18(10-11-23(19)34-27)35-12-6-8-25(35)36-13-7-9-26(36)43-31(33)40/h10-11,14-15,25-26,41H,5-9,12-13,16-17H2,1-4H3,(H2,33,40)/t25?,26?,32-/m0/s1. The molecule has 4 aliphatic rings. The van der Waals surface area contributed by atoms with Crippen LogP contribution in [0.15, 0.2) is 29.1 Å². The van der Waals surface area contributed by atoms with Gasteiger partial charge >= 0.3 is 12.1 Å². The second-order valence-corrected chi connectivity index (χ2v) is 18.5. The predicted octanol–water partition coefficient (Wildman–Crippen LogP) is 3.07. The van der Waals surface area contributed by atoms with Gasteiger partial charge in [0.05, 0.1) is 43.3 Å². The number of primary amides is 1. The van der Waals surface area contributed by atoms with Gasteiger partial charge in [-0.2, -0.15) is 0 Å². The van der Waals surface area contributed by atoms with Crippen LogP contribution in [0.2, 0.25) is 19.6 Å². The third-order valence-corrected chi connectivity index (χ3v) is 11.9. The van der Waals surface area contributed by atoms with Crippen LogP contribution in [0.5, 0.6) is 0 Å². The van der Waals surface area contributed by atoms with Crippen LogP contribution in [0.4, 0.5) is 10.5 Å². The molecule has 44 heavy (non-hydrogen) atoms. The summed E-state index contributed by atoms with van der Waals surface area (Å²) >= 11 is 0. The Morgan fingerprint density at radius 2 is 1.93 bits per heavy atom. The number of esters is 1. The van der Waals surface area contributed by atoms with Crippen LogP contribution in [0.1, 0.15) is 55.7 Å². The molecular formula is C32H39N5O6Si. The Bertz CT molecular complexity index is 1780. The average molecular weight is 618 g/mol. The maximum Gasteiger partial charge on any atom is 0.406 e. The number of aliphatic hydroxyl groups is 1. The smallest absolute Gasteiger partial charge is 0.406 e. The van der Waals surface area contributed by atoms with E-state index in [9.17, 15) is 19.5 Å². The van der Waals surface area contributed by atoms with Crippen molar-refractivity contribution >= 4 is 41.9 Å². The average Bonchev–Trinajstić information content (AvgIpc) is 3.71. The van der Waals surface area contributed by atoms with E-state index in [1.165, 1.54) is 5.19 Å². The van der Waals surface area contributed by atoms with Gasteiger partial charge < -0.3 is 29.8 Å². The third-order valence-electron chi connectivity index (χ3n) is 9.85. The summed E-state index contributed by atoms with van der Waals surface area (Å²) in [6, 6.07) is 8.19. The normalized spacial score (nSPS) is 24.8. The molecule has 2 saturated heterocycles. The Labute approximate surface area is 256 Å². The molecule has 3 aromatic rings. The largest absolute Gasteiger partial charge is 0.458 e. The second kappa shape index (κ2) is 10.1. The van der Waals surface area contributed by atoms with Crippen molar-refractivity contribution in [2.24, 2.45) is 5.73 Å². The van der Waals surface area contributed by atoms with Gasteiger partial charge in [0.2, 0.25) is 0 Å². The van der Waals surface area contributed by atoms with E-state index in [4.69, 9.17) is 20.2 Å². The van der Waals surface area contributed by atoms with E-state index in [1.807, 2.05) is 0 Å². The summed E-state index contributed by atoms with van der Waals surface area (Å²) in [7, 11) is -2.01. The number of hydrogen-bond acceptors (Lipinski definition) is 9. The minimum Gasteiger partial charge on any atom is -0.458 e. The van der Waals surface area contributed by atoms with Gasteiger partial charge in [0.15, 0.2) is 11.8 Å². The number of nitrogens with zero attached hydrogens (tertiary/aromatic N) is 4. The topological polar surface area (TPSA) is 140 Å². The molecule has 0 radical (unpaired) electrons. The van der Waals surface area contributed by atoms with Gasteiger partial charge in [-0.05, 0) is 67.1 Å². The van der Waals surface area contributed by atoms with E-state index >= 15 is 0 Å². The first-order chi connectivity index (χ1) is 20.9. The first-order valence-electron chi connectivity index (χ1n) is 15.5. The minimum absolute atomic E-state index is 0.104. The number of hydrogen-bond donors (Lipinski definition) is 2. The molecule has 4 aliphatic heterocycles. The zero-order valence-corrected chi connectivity index (χ0v) is 26.7. The highest BCUT2D eigenvalue weighted by molar-refractivity contribution is 6.90. The van der Waals surface area contributed by atoms with E-state index in [-0.39, 0.29) is 31.0 Å². The van der Waals surface area contributed by atoms with Crippen LogP contribution < -0.4 is 21.4 Å². The number of fused-ring (bicyclic) bond motifs is 5. The number of anilines is 1. The van der Waals surface area contributed by atoms with Crippen molar-refractivity contribution in [2.45, 2.75) is 89.8 Å². The first kappa shape index (κ1) is 29.0. The Kier molecular flexibility index (Phi) is 6.69. The summed E-state index contributed by atoms with van der Waals surface area (Å²) in [5, 5.41) is 13.6. The monoisotopic (exact) mass is 617 g/mol. The summed E-state index contributed by atoms with van der Waals surface area (Å²) in [6.45, 7) is 10.6. The molecular weight excluding hydrogens is 578 g/mol. The molecule has 2 unspecified atom stereocenters. The molecule has 0 saturated carbocycles. The Morgan fingerprint density at radius 3 is 2.66 bits per heavy atom. The third kappa shape index (κ3) is 4.29. The summed E-state index contributed by atoms with van der Waals surface area (Å²) in [6.07, 6.45) is 2.89. The highest BCUT2D eigenvalue weighted by Gasteiger charge is 2.46. The first-order valence-corrected chi connectivity index (χ1v) is 19.0. The lowest BCUT2D eigenvalue weighted by Gasteiger charge is -2.37. The SMILES string of the molecule is CC[C@@]1(O)C(=O)OCc2c1cc1n(c2=O)Cc2c-1nc1ccc(N3CCCC3N3CCCC3OC(N)=O)cc1c2[Si](C)(C)C. The number of aromatic nitrogens is 2. The van der Waals surface area contributed by atoms with Gasteiger partial charge in [-0.15, -0.1) is 0 Å². The number of ether oxygens (including phenoxy) is 2. The number of pyridine rings is 2. The molecule has 3 N–H and O–H groups in total. The second-order valence-electron chi connectivity index (χ2n) is 13.5. The van der Waals surface area contributed by atoms with Crippen LogP contribution in [0, 0.1) is 0 Å². The van der Waals surface area contributed by atoms with Crippen molar-refractivity contribution in [1.82, 2.24) is 14.5 Å². The lowest BCUT2D eigenvalue weighted by atomic mass is 9.86. The van der Waals surface area contributed by atoms with Gasteiger partial charge in [-0.25, -0.2) is 19.5 Å². The van der Waals surface area contributed by atoms with E-state index < -0.39 is 25.7 Å². The molecule has 11 nitrogen and oxygen atoms in total. The molecule has 3 atom stereocenters. The van der Waals surface area contributed by atoms with E-state index in [0.29, 0.717) is 23.4 Å². The number of likely N-dealkylation sites (tertiary alicyclic amines) is 1. The summed E-state index contributed by atoms with van der Waals surface area (Å²) in [5.74, 6) is -0.724. The van der Waals surface area contributed by atoms with E-state index in [1.54, 1.807) is 17.6 Å². The van der Waals surface area contributed by atoms with Crippen molar-refractivity contribution in [3.05, 3.63) is 51.3 Å². The lowest BCUT2D eigenvalue weighted by Crippen LogP contribution is -2.49. The molecule has 232 valence electrons. The number of cyclic esters (lactones) is 1. The van der Waals surface area contributed by atoms with Gasteiger partial charge in [-0.3, -0.25) is 4.79 Å². The number of carbonyl (C=O) groups excluding carboxylic acids is 2. The number of nitrogens with two attached hydrogens (primary N) is 1. The fourth-order valence-electron chi connectivity index (χ4n) is 7.86. The van der Waals surface area contributed by atoms with Crippen molar-refractivity contribution in [2.75, 3.05) is 18.0 Å². The highest BCUT2D eigenvalue weighted by Crippen LogP contribution is 2.40. The van der Waals surface area contributed by atoms with Gasteiger partial charge in [0.1, 0.15) is 6.61 Å². The van der Waals surface area contributed by atoms with Crippen LogP contribution in [-0.2, 0) is 33.0 Å². The fraction of sp³-hybridized carbons (Fsp3) is 0.500. The summed E-state index contributed by atoms with van der Waals surface area (Å²) in [5.41, 5.74) is 8.28. The quantitative estimate of drug-likeness (QED) is 0.255. The molecule has 2 aromatic heterocycles. The van der Waals surface area contributed by atoms with Crippen LogP contribution in [0.3, 0.4) is 0 Å². The van der Waals surface area contributed by atoms with E-state index in [0.717, 1.165) is 66.6 Å². The van der Waals surface area contributed by atoms with Gasteiger partial charge in [0.25, 0.3) is 5.56 Å². The van der Waals surface area contributed by atoms with Crippen molar-refractivity contribution < 1.29 is 24.2 Å². The predicted molar refractivity (Wildman–Crippen MR) is 168 cm³/mol. The molecule has 0 spiro atoms. The maximum absolute atomic E-state index is 13.8. The molecule has 6 heterocycles. The molecule has 2 fully saturated rings. The molecule has 1 amide bonds. The molecule has 0 aliphatic carbocycles. The van der Waals surface area contributed by atoms with Crippen LogP contribution in [-0.4, -0.2) is 65.2 Å². The molecule has 12 heteroatoms. The highest BCUT2D eigenvalue weighted by atomic mass is 28.3. The zero-order chi connectivity index (χ0) is 31.1. The Hall–Kier alpha value is -3.74. The number of carbonyl (C=O) groups is 2. The number of amides is 1. The molecule has 7 rings (SSSR count). The zero-order valence-electron chi connectivity index (χ0n) is 25.7. The number of benzene rings is 1. The Morgan fingerprint density at radius 1 is 1.16 bits per heavy atom. The van der Waals surface area contributed by atoms with E-state index in [2.05, 4.69) is 47.6 Å². The number of rotatable bonds is 5. The van der Waals surface area contributed by atoms with Crippen molar-refractivity contribution in [3.8, 4) is 11.4 Å². The van der Waals surface area contributed by atoms with Gasteiger partial charge in [0, 0.05) is 29.7 Å². The Balaban J connectivity index is 1.35. The molecule has 1 aromatic carbocycles. The van der Waals surface area contributed by atoms with Crippen molar-refractivity contribution in [1.29, 1.82) is 0 Å². The lowest BCUT2D eigenvalue weighted by molar-refractivity contribution is -0.172. The fourth-order valence-corrected chi connectivity index (χ4v) is 9.97. The van der Waals surface area contributed by atoms with Crippen LogP contribution in [0.25, 0.3) is 22.3 Å². The van der Waals surface area contributed by atoms with Crippen LogP contribution >= 0.6 is 0 Å². The van der Waals surface area contributed by atoms with Crippen molar-refractivity contribution in [3.63, 3.8) is 0 Å². The summed E-state index contributed by atoms with van der Waals surface area (Å²) < 4.78 is 12.4. The molecule has 0 bridgehead atoms. The van der Waals surface area contributed by atoms with Gasteiger partial charge in [-0.1, -0.05) is 26.6 Å².